The number of fused-ring (bicyclic) bond motifs is 1. The van der Waals surface area contributed by atoms with Crippen molar-refractivity contribution in [2.24, 2.45) is 5.73 Å². The molecular weight excluding hydrogens is 998 g/mol. The van der Waals surface area contributed by atoms with E-state index in [2.05, 4.69) is 57.4 Å². The minimum Gasteiger partial charge on any atom is -0.508 e. The Morgan fingerprint density at radius 1 is 0.747 bits per heavy atom. The Morgan fingerprint density at radius 3 is 1.90 bits per heavy atom. The summed E-state index contributed by atoms with van der Waals surface area (Å²) in [6.07, 6.45) is 28.4. The Morgan fingerprint density at radius 2 is 1.35 bits per heavy atom. The van der Waals surface area contributed by atoms with Gasteiger partial charge in [-0.15, -0.1) is 0 Å². The van der Waals surface area contributed by atoms with Gasteiger partial charge in [-0.3, -0.25) is 24.1 Å². The van der Waals surface area contributed by atoms with Crippen LogP contribution in [-0.4, -0.2) is 102 Å². The zero-order chi connectivity index (χ0) is 58.4. The fourth-order valence-corrected chi connectivity index (χ4v) is 9.66. The number of nitrogens with two attached hydrogens (primary N) is 1. The third kappa shape index (κ3) is 29.6. The Kier molecular flexibility index (Phi) is 36.0. The highest BCUT2D eigenvalue weighted by molar-refractivity contribution is 5.96. The van der Waals surface area contributed by atoms with E-state index < -0.39 is 5.54 Å². The molecule has 3 heterocycles. The van der Waals surface area contributed by atoms with Crippen LogP contribution in [0.15, 0.2) is 84.0 Å². The Balaban J connectivity index is 0.000000358. The van der Waals surface area contributed by atoms with Crippen LogP contribution in [0.25, 0.3) is 0 Å². The SMILES string of the molecule is CC(C)=CCC/C(C)=C/CO.CCCCCCCCCCCCCC(=O)OC(C)C.Cc1ccc(C(C)C)c(O)c1.NC(=O)C1(N2CCCCC2)CCN(CCCC(=O)c2ccc(F)cc2)CC1.O=Cc1ccc2c(c1)OCO2. The number of aromatic hydroxyl groups is 1. The van der Waals surface area contributed by atoms with Crippen molar-refractivity contribution in [2.45, 2.75) is 215 Å². The maximum Gasteiger partial charge on any atom is 0.306 e. The number of halogens is 1. The number of piperidine rings is 2. The molecule has 0 spiro atoms. The number of ketones is 1. The lowest BCUT2D eigenvalue weighted by Crippen LogP contribution is -2.63. The summed E-state index contributed by atoms with van der Waals surface area (Å²) >= 11 is 0. The van der Waals surface area contributed by atoms with Gasteiger partial charge in [0.1, 0.15) is 23.4 Å². The number of Topliss-reactive ketones (excluding diaryl/α,β-unsaturated/α-hetero) is 1. The van der Waals surface area contributed by atoms with Gasteiger partial charge >= 0.3 is 5.97 Å². The molecule has 0 saturated carbocycles. The van der Waals surface area contributed by atoms with Crippen LogP contribution in [0.2, 0.25) is 0 Å². The fourth-order valence-electron chi connectivity index (χ4n) is 9.66. The van der Waals surface area contributed by atoms with Crippen molar-refractivity contribution in [2.75, 3.05) is 46.1 Å². The number of aliphatic hydroxyl groups is 1. The lowest BCUT2D eigenvalue weighted by atomic mass is 9.83. The maximum absolute atomic E-state index is 12.9. The highest BCUT2D eigenvalue weighted by Crippen LogP contribution is 2.33. The molecule has 0 aliphatic carbocycles. The van der Waals surface area contributed by atoms with Gasteiger partial charge in [0, 0.05) is 37.1 Å². The van der Waals surface area contributed by atoms with Gasteiger partial charge < -0.3 is 35.1 Å². The molecule has 0 aromatic heterocycles. The Bertz CT molecular complexity index is 2240. The van der Waals surface area contributed by atoms with Gasteiger partial charge in [-0.05, 0) is 178 Å². The second-order valence-electron chi connectivity index (χ2n) is 22.1. The smallest absolute Gasteiger partial charge is 0.306 e. The fraction of sp³-hybridized carbons (Fsp3) is 0.606. The van der Waals surface area contributed by atoms with Crippen molar-refractivity contribution >= 4 is 23.9 Å². The Labute approximate surface area is 475 Å². The first-order valence-electron chi connectivity index (χ1n) is 29.6. The number of likely N-dealkylation sites (tertiary alicyclic amines) is 2. The van der Waals surface area contributed by atoms with E-state index in [0.717, 1.165) is 102 Å². The molecule has 2 fully saturated rings. The molecule has 6 rings (SSSR count). The summed E-state index contributed by atoms with van der Waals surface area (Å²) in [5, 5.41) is 18.0. The first kappa shape index (κ1) is 69.7. The number of unbranched alkanes of at least 4 members (excludes halogenated alkanes) is 10. The van der Waals surface area contributed by atoms with Crippen LogP contribution in [0.1, 0.15) is 228 Å². The third-order valence-corrected chi connectivity index (χ3v) is 14.4. The zero-order valence-electron chi connectivity index (χ0n) is 50.1. The summed E-state index contributed by atoms with van der Waals surface area (Å²) < 4.78 is 28.2. The number of primary amides is 1. The molecule has 442 valence electrons. The molecule has 3 aliphatic heterocycles. The van der Waals surface area contributed by atoms with Crippen molar-refractivity contribution in [3.63, 3.8) is 0 Å². The second kappa shape index (κ2) is 40.7. The number of aryl methyl sites for hydroxylation is 1. The number of nitrogens with zero attached hydrogens (tertiary/aromatic N) is 2. The molecule has 0 bridgehead atoms. The van der Waals surface area contributed by atoms with E-state index in [4.69, 9.17) is 25.1 Å². The molecule has 4 N–H and O–H groups in total. The Hall–Kier alpha value is -5.37. The quantitative estimate of drug-likeness (QED) is 0.0230. The summed E-state index contributed by atoms with van der Waals surface area (Å²) in [6, 6.07) is 16.6. The number of aldehydes is 1. The van der Waals surface area contributed by atoms with Crippen LogP contribution in [0.3, 0.4) is 0 Å². The number of benzene rings is 3. The minimum atomic E-state index is -0.485. The predicted octanol–water partition coefficient (Wildman–Crippen LogP) is 15.0. The van der Waals surface area contributed by atoms with Crippen LogP contribution in [-0.2, 0) is 14.3 Å². The highest BCUT2D eigenvalue weighted by Gasteiger charge is 2.45. The third-order valence-electron chi connectivity index (χ3n) is 14.4. The number of allylic oxidation sites excluding steroid dienone is 3. The topological polar surface area (TPSA) is 169 Å². The van der Waals surface area contributed by atoms with Crippen LogP contribution in [0, 0.1) is 12.7 Å². The predicted molar refractivity (Wildman–Crippen MR) is 320 cm³/mol. The first-order chi connectivity index (χ1) is 37.8. The highest BCUT2D eigenvalue weighted by atomic mass is 19.1. The molecule has 0 radical (unpaired) electrons. The normalized spacial score (nSPS) is 14.7. The molecule has 0 unspecified atom stereocenters. The first-order valence-corrected chi connectivity index (χ1v) is 29.6. The van der Waals surface area contributed by atoms with E-state index in [1.807, 2.05) is 39.0 Å². The number of ether oxygens (including phenoxy) is 3. The monoisotopic (exact) mass is 1100 g/mol. The van der Waals surface area contributed by atoms with Crippen molar-refractivity contribution in [3.8, 4) is 17.2 Å². The molecular formula is C66H102FN3O9. The minimum absolute atomic E-state index is 0.0280. The molecule has 12 nitrogen and oxygen atoms in total. The number of carbonyl (C=O) groups is 4. The van der Waals surface area contributed by atoms with Gasteiger partial charge in [-0.1, -0.05) is 127 Å². The molecule has 3 aliphatic rings. The number of esters is 1. The molecule has 3 aromatic carbocycles. The van der Waals surface area contributed by atoms with Crippen molar-refractivity contribution in [3.05, 3.63) is 112 Å². The standard InChI is InChI=1S/C21H30FN3O2.C17H34O2.C10H14O.C10H18O.C8H6O3/c22-18-8-6-17(7-9-18)19(26)5-4-12-24-15-10-21(11-16-24,20(23)27)25-13-2-1-3-14-25;1-4-5-6-7-8-9-10-11-12-13-14-15-17(18)19-16(2)3;1-7(2)9-5-4-8(3)6-10(9)11;1-9(2)5-4-6-10(3)7-8-11;9-4-6-1-2-7-8(3-6)11-5-10-7/h6-9H,1-5,10-16H2,(H2,23,27);16H,4-15H2,1-3H3;4-7,11H,1-3H3;5,7,11H,4,6,8H2,1-3H3;1-4H,5H2/b;;;10-7+;. The van der Waals surface area contributed by atoms with Gasteiger partial charge in [0.05, 0.1) is 12.7 Å². The molecule has 3 aromatic rings. The number of rotatable bonds is 26. The lowest BCUT2D eigenvalue weighted by Gasteiger charge is -2.48. The van der Waals surface area contributed by atoms with Crippen LogP contribution in [0.5, 0.6) is 17.2 Å². The largest absolute Gasteiger partial charge is 0.508 e. The molecule has 13 heteroatoms. The van der Waals surface area contributed by atoms with Crippen molar-refractivity contribution < 1.29 is 48.0 Å². The van der Waals surface area contributed by atoms with E-state index in [1.54, 1.807) is 36.4 Å². The maximum atomic E-state index is 12.9. The van der Waals surface area contributed by atoms with Crippen LogP contribution in [0.4, 0.5) is 4.39 Å². The molecule has 1 amide bonds. The number of phenols is 1. The lowest BCUT2D eigenvalue weighted by molar-refractivity contribution is -0.147. The molecule has 79 heavy (non-hydrogen) atoms. The van der Waals surface area contributed by atoms with Gasteiger partial charge in [0.15, 0.2) is 17.3 Å². The van der Waals surface area contributed by atoms with Gasteiger partial charge in [0.25, 0.3) is 0 Å². The average molecular weight is 1100 g/mol. The summed E-state index contributed by atoms with van der Waals surface area (Å²) in [4.78, 5) is 50.7. The summed E-state index contributed by atoms with van der Waals surface area (Å²) in [5.41, 5.74) is 11.3. The molecule has 2 saturated heterocycles. The zero-order valence-corrected chi connectivity index (χ0v) is 50.1. The molecule has 0 atom stereocenters. The van der Waals surface area contributed by atoms with E-state index >= 15 is 0 Å². The number of hydrogen-bond acceptors (Lipinski definition) is 11. The summed E-state index contributed by atoms with van der Waals surface area (Å²) in [6.45, 7) is 23.3. The second-order valence-corrected chi connectivity index (χ2v) is 22.1. The number of amides is 1. The summed E-state index contributed by atoms with van der Waals surface area (Å²) in [7, 11) is 0. The van der Waals surface area contributed by atoms with Crippen molar-refractivity contribution in [1.82, 2.24) is 9.80 Å². The van der Waals surface area contributed by atoms with Gasteiger partial charge in [-0.2, -0.15) is 0 Å². The number of phenolic OH excluding ortho intramolecular Hbond substituents is 1. The number of hydrogen-bond donors (Lipinski definition) is 3. The van der Waals surface area contributed by atoms with Crippen molar-refractivity contribution in [1.29, 1.82) is 0 Å². The average Bonchev–Trinajstić information content (AvgIpc) is 3.92. The van der Waals surface area contributed by atoms with E-state index in [1.165, 1.54) is 93.9 Å². The van der Waals surface area contributed by atoms with E-state index in [9.17, 15) is 28.7 Å². The van der Waals surface area contributed by atoms with E-state index in [0.29, 0.717) is 47.1 Å². The summed E-state index contributed by atoms with van der Waals surface area (Å²) in [5.74, 6) is 1.67. The van der Waals surface area contributed by atoms with E-state index in [-0.39, 0.29) is 43.0 Å². The number of aliphatic hydroxyl groups excluding tert-OH is 1. The van der Waals surface area contributed by atoms with Gasteiger partial charge in [-0.25, -0.2) is 4.39 Å². The number of carbonyl (C=O) groups excluding carboxylic acids is 4. The van der Waals surface area contributed by atoms with Crippen LogP contribution >= 0.6 is 0 Å². The van der Waals surface area contributed by atoms with Crippen LogP contribution < -0.4 is 15.2 Å². The van der Waals surface area contributed by atoms with Gasteiger partial charge in [0.2, 0.25) is 12.7 Å².